The van der Waals surface area contributed by atoms with Crippen molar-refractivity contribution < 1.29 is 19.0 Å². The molecule has 2 N–H and O–H groups in total. The summed E-state index contributed by atoms with van der Waals surface area (Å²) in [5.74, 6) is 1.42. The van der Waals surface area contributed by atoms with Gasteiger partial charge in [0.2, 0.25) is 0 Å². The molecule has 27 heavy (non-hydrogen) atoms. The van der Waals surface area contributed by atoms with E-state index in [9.17, 15) is 4.79 Å². The number of ether oxygens (including phenoxy) is 3. The Morgan fingerprint density at radius 2 is 1.78 bits per heavy atom. The Labute approximate surface area is 164 Å². The van der Waals surface area contributed by atoms with Gasteiger partial charge in [0.1, 0.15) is 0 Å². The highest BCUT2D eigenvalue weighted by molar-refractivity contribution is 5.79. The molecule has 1 aliphatic rings. The van der Waals surface area contributed by atoms with Crippen LogP contribution in [0.25, 0.3) is 0 Å². The second kappa shape index (κ2) is 16.8. The minimum absolute atomic E-state index is 0.0861. The van der Waals surface area contributed by atoms with Crippen molar-refractivity contribution in [3.05, 3.63) is 0 Å². The van der Waals surface area contributed by atoms with E-state index < -0.39 is 0 Å². The largest absolute Gasteiger partial charge is 0.466 e. The second-order valence-electron chi connectivity index (χ2n) is 6.88. The number of esters is 1. The van der Waals surface area contributed by atoms with Crippen LogP contribution in [0.3, 0.4) is 0 Å². The monoisotopic (exact) mass is 385 g/mol. The molecule has 0 bridgehead atoms. The zero-order valence-corrected chi connectivity index (χ0v) is 17.3. The molecule has 1 aliphatic heterocycles. The summed E-state index contributed by atoms with van der Waals surface area (Å²) in [5, 5.41) is 6.64. The van der Waals surface area contributed by atoms with Gasteiger partial charge in [0.05, 0.1) is 6.61 Å². The molecule has 0 aromatic rings. The normalized spacial score (nSPS) is 15.6. The number of hydrogen-bond acceptors (Lipinski definition) is 5. The van der Waals surface area contributed by atoms with Crippen LogP contribution >= 0.6 is 0 Å². The third-order valence-electron chi connectivity index (χ3n) is 4.58. The number of carbonyl (C=O) groups excluding carboxylic acids is 1. The first-order valence-electron chi connectivity index (χ1n) is 10.5. The summed E-state index contributed by atoms with van der Waals surface area (Å²) < 4.78 is 16.0. The number of rotatable bonds is 14. The van der Waals surface area contributed by atoms with Crippen molar-refractivity contribution in [1.82, 2.24) is 10.6 Å². The maximum Gasteiger partial charge on any atom is 0.305 e. The van der Waals surface area contributed by atoms with Gasteiger partial charge in [0.25, 0.3) is 0 Å². The van der Waals surface area contributed by atoms with Gasteiger partial charge in [-0.25, -0.2) is 0 Å². The fourth-order valence-corrected chi connectivity index (χ4v) is 2.95. The van der Waals surface area contributed by atoms with Gasteiger partial charge >= 0.3 is 5.97 Å². The number of unbranched alkanes of at least 4 members (excludes halogenated alkanes) is 3. The lowest BCUT2D eigenvalue weighted by Crippen LogP contribution is -2.38. The van der Waals surface area contributed by atoms with Crippen molar-refractivity contribution in [3.8, 4) is 0 Å². The van der Waals surface area contributed by atoms with Crippen LogP contribution in [0.4, 0.5) is 0 Å². The van der Waals surface area contributed by atoms with E-state index in [-0.39, 0.29) is 5.97 Å². The van der Waals surface area contributed by atoms with Crippen molar-refractivity contribution in [2.75, 3.05) is 53.2 Å². The standard InChI is InChI=1S/C20H39N3O4/c1-3-27-19(24)9-6-4-5-7-12-22-20(21-2)23-13-8-14-26-17-18-10-15-25-16-11-18/h18H,3-17H2,1-2H3,(H2,21,22,23). The molecule has 0 aromatic heterocycles. The van der Waals surface area contributed by atoms with Crippen LogP contribution in [-0.2, 0) is 19.0 Å². The summed E-state index contributed by atoms with van der Waals surface area (Å²) >= 11 is 0. The van der Waals surface area contributed by atoms with E-state index >= 15 is 0 Å². The minimum Gasteiger partial charge on any atom is -0.466 e. The van der Waals surface area contributed by atoms with Crippen LogP contribution < -0.4 is 10.6 Å². The van der Waals surface area contributed by atoms with Crippen LogP contribution in [0.15, 0.2) is 4.99 Å². The van der Waals surface area contributed by atoms with Gasteiger partial charge in [0, 0.05) is 53.0 Å². The molecule has 0 radical (unpaired) electrons. The zero-order chi connectivity index (χ0) is 19.6. The number of hydrogen-bond donors (Lipinski definition) is 2. The lowest BCUT2D eigenvalue weighted by molar-refractivity contribution is -0.143. The Balaban J connectivity index is 1.89. The minimum atomic E-state index is -0.0861. The number of guanidine groups is 1. The number of nitrogens with one attached hydrogen (secondary N) is 2. The van der Waals surface area contributed by atoms with Crippen molar-refractivity contribution in [1.29, 1.82) is 0 Å². The van der Waals surface area contributed by atoms with E-state index in [0.29, 0.717) is 18.9 Å². The summed E-state index contributed by atoms with van der Waals surface area (Å²) in [6, 6.07) is 0. The first kappa shape index (κ1) is 23.7. The van der Waals surface area contributed by atoms with Crippen LogP contribution in [0.2, 0.25) is 0 Å². The van der Waals surface area contributed by atoms with Gasteiger partial charge in [-0.2, -0.15) is 0 Å². The predicted molar refractivity (Wildman–Crippen MR) is 108 cm³/mol. The maximum absolute atomic E-state index is 11.2. The number of aliphatic imine (C=N–C) groups is 1. The Kier molecular flexibility index (Phi) is 14.8. The molecule has 0 aliphatic carbocycles. The topological polar surface area (TPSA) is 81.2 Å². The number of nitrogens with zero attached hydrogens (tertiary/aromatic N) is 1. The Hall–Kier alpha value is -1.34. The van der Waals surface area contributed by atoms with Crippen molar-refractivity contribution in [3.63, 3.8) is 0 Å². The van der Waals surface area contributed by atoms with Gasteiger partial charge in [-0.3, -0.25) is 9.79 Å². The van der Waals surface area contributed by atoms with Gasteiger partial charge in [0.15, 0.2) is 5.96 Å². The van der Waals surface area contributed by atoms with Crippen molar-refractivity contribution in [2.45, 2.75) is 58.3 Å². The third-order valence-corrected chi connectivity index (χ3v) is 4.58. The fourth-order valence-electron chi connectivity index (χ4n) is 2.95. The molecule has 1 heterocycles. The van der Waals surface area contributed by atoms with Crippen LogP contribution in [0.5, 0.6) is 0 Å². The van der Waals surface area contributed by atoms with E-state index in [0.717, 1.165) is 90.4 Å². The smallest absolute Gasteiger partial charge is 0.305 e. The van der Waals surface area contributed by atoms with Crippen molar-refractivity contribution >= 4 is 11.9 Å². The highest BCUT2D eigenvalue weighted by Gasteiger charge is 2.13. The van der Waals surface area contributed by atoms with Crippen LogP contribution in [0, 0.1) is 5.92 Å². The molecule has 0 amide bonds. The molecule has 0 aromatic carbocycles. The van der Waals surface area contributed by atoms with Gasteiger partial charge in [-0.15, -0.1) is 0 Å². The molecule has 0 saturated carbocycles. The summed E-state index contributed by atoms with van der Waals surface area (Å²) in [6.07, 6.45) is 7.87. The summed E-state index contributed by atoms with van der Waals surface area (Å²) in [4.78, 5) is 15.5. The van der Waals surface area contributed by atoms with Gasteiger partial charge in [-0.1, -0.05) is 12.8 Å². The SMILES string of the molecule is CCOC(=O)CCCCCCNC(=NC)NCCCOCC1CCOCC1. The zero-order valence-electron chi connectivity index (χ0n) is 17.3. The highest BCUT2D eigenvalue weighted by atomic mass is 16.5. The van der Waals surface area contributed by atoms with Crippen molar-refractivity contribution in [2.24, 2.45) is 10.9 Å². The quantitative estimate of drug-likeness (QED) is 0.207. The third kappa shape index (κ3) is 13.5. The molecular formula is C20H39N3O4. The Bertz CT molecular complexity index is 399. The first-order valence-corrected chi connectivity index (χ1v) is 10.5. The molecule has 7 heteroatoms. The summed E-state index contributed by atoms with van der Waals surface area (Å²) in [7, 11) is 1.79. The van der Waals surface area contributed by atoms with E-state index in [1.165, 1.54) is 0 Å². The summed E-state index contributed by atoms with van der Waals surface area (Å²) in [6.45, 7) is 7.44. The molecule has 1 rings (SSSR count). The van der Waals surface area contributed by atoms with Crippen LogP contribution in [0.1, 0.15) is 58.3 Å². The first-order chi connectivity index (χ1) is 13.3. The second-order valence-corrected chi connectivity index (χ2v) is 6.88. The summed E-state index contributed by atoms with van der Waals surface area (Å²) in [5.41, 5.74) is 0. The number of carbonyl (C=O) groups is 1. The maximum atomic E-state index is 11.2. The van der Waals surface area contributed by atoms with Crippen LogP contribution in [-0.4, -0.2) is 65.1 Å². The van der Waals surface area contributed by atoms with E-state index in [2.05, 4.69) is 15.6 Å². The van der Waals surface area contributed by atoms with E-state index in [1.807, 2.05) is 6.92 Å². The molecule has 158 valence electrons. The van der Waals surface area contributed by atoms with Gasteiger partial charge in [-0.05, 0) is 44.9 Å². The molecule has 0 spiro atoms. The average molecular weight is 386 g/mol. The fraction of sp³-hybridized carbons (Fsp3) is 0.900. The molecule has 1 saturated heterocycles. The van der Waals surface area contributed by atoms with E-state index in [1.54, 1.807) is 7.05 Å². The molecule has 0 unspecified atom stereocenters. The Morgan fingerprint density at radius 1 is 1.07 bits per heavy atom. The molecule has 7 nitrogen and oxygen atoms in total. The lowest BCUT2D eigenvalue weighted by Gasteiger charge is -2.21. The molecular weight excluding hydrogens is 346 g/mol. The Morgan fingerprint density at radius 3 is 2.48 bits per heavy atom. The average Bonchev–Trinajstić information content (AvgIpc) is 2.69. The van der Waals surface area contributed by atoms with E-state index in [4.69, 9.17) is 14.2 Å². The lowest BCUT2D eigenvalue weighted by atomic mass is 10.0. The molecule has 1 fully saturated rings. The predicted octanol–water partition coefficient (Wildman–Crippen LogP) is 2.50. The highest BCUT2D eigenvalue weighted by Crippen LogP contribution is 2.14. The van der Waals surface area contributed by atoms with Gasteiger partial charge < -0.3 is 24.8 Å². The molecule has 0 atom stereocenters.